The number of aromatic nitrogens is 3. The zero-order valence-corrected chi connectivity index (χ0v) is 14.7. The van der Waals surface area contributed by atoms with Crippen molar-refractivity contribution in [2.45, 2.75) is 26.9 Å². The summed E-state index contributed by atoms with van der Waals surface area (Å²) < 4.78 is 11.7. The zero-order chi connectivity index (χ0) is 17.8. The maximum Gasteiger partial charge on any atom is 0.344 e. The first kappa shape index (κ1) is 17.1. The lowest BCUT2D eigenvalue weighted by Gasteiger charge is -2.07. The van der Waals surface area contributed by atoms with E-state index in [1.54, 1.807) is 12.1 Å². The molecule has 3 rings (SSSR count). The van der Waals surface area contributed by atoms with Crippen LogP contribution in [0.5, 0.6) is 5.75 Å². The summed E-state index contributed by atoms with van der Waals surface area (Å²) in [6, 6.07) is 8.68. The van der Waals surface area contributed by atoms with Crippen LogP contribution in [0.1, 0.15) is 23.2 Å². The average molecular weight is 359 g/mol. The second kappa shape index (κ2) is 7.43. The monoisotopic (exact) mass is 359 g/mol. The number of rotatable bonds is 6. The molecule has 2 aromatic heterocycles. The van der Waals surface area contributed by atoms with Gasteiger partial charge in [0.2, 0.25) is 4.96 Å². The van der Waals surface area contributed by atoms with Crippen LogP contribution in [0.3, 0.4) is 0 Å². The Morgan fingerprint density at radius 1 is 1.28 bits per heavy atom. The second-order valence-corrected chi connectivity index (χ2v) is 6.43. The Balaban J connectivity index is 1.59. The molecule has 0 amide bonds. The van der Waals surface area contributed by atoms with E-state index >= 15 is 0 Å². The number of benzene rings is 1. The Kier molecular flexibility index (Phi) is 5.08. The molecule has 7 nitrogen and oxygen atoms in total. The van der Waals surface area contributed by atoms with Crippen LogP contribution in [0, 0.1) is 6.92 Å². The van der Waals surface area contributed by atoms with E-state index in [2.05, 4.69) is 10.1 Å². The first-order valence-corrected chi connectivity index (χ1v) is 8.60. The van der Waals surface area contributed by atoms with Gasteiger partial charge in [-0.05, 0) is 25.5 Å². The van der Waals surface area contributed by atoms with E-state index in [9.17, 15) is 9.59 Å². The maximum atomic E-state index is 12.0. The van der Waals surface area contributed by atoms with Crippen LogP contribution in [-0.2, 0) is 22.6 Å². The number of aryl methyl sites for hydroxylation is 2. The fraction of sp³-hybridized carbons (Fsp3) is 0.294. The Morgan fingerprint density at radius 2 is 2.04 bits per heavy atom. The Bertz CT molecular complexity index is 947. The molecule has 0 aliphatic carbocycles. The Hall–Kier alpha value is -2.74. The number of hydrogen-bond acceptors (Lipinski definition) is 7. The minimum atomic E-state index is -0.527. The SMILES string of the molecule is CCc1nn2c(=O)cc(COC(=O)COc3ccc(C)cc3)nc2s1. The fourth-order valence-corrected chi connectivity index (χ4v) is 2.94. The van der Waals surface area contributed by atoms with Gasteiger partial charge in [-0.25, -0.2) is 9.78 Å². The topological polar surface area (TPSA) is 82.8 Å². The van der Waals surface area contributed by atoms with Crippen LogP contribution in [0.4, 0.5) is 0 Å². The summed E-state index contributed by atoms with van der Waals surface area (Å²) >= 11 is 1.34. The number of carbonyl (C=O) groups is 1. The molecular formula is C17H17N3O4S. The van der Waals surface area contributed by atoms with E-state index in [1.165, 1.54) is 21.9 Å². The van der Waals surface area contributed by atoms with Crippen LogP contribution in [-0.4, -0.2) is 27.2 Å². The minimum absolute atomic E-state index is 0.0822. The number of hydrogen-bond donors (Lipinski definition) is 0. The number of carbonyl (C=O) groups excluding carboxylic acids is 1. The van der Waals surface area contributed by atoms with E-state index in [-0.39, 0.29) is 18.8 Å². The van der Waals surface area contributed by atoms with Crippen molar-refractivity contribution in [3.05, 3.63) is 57.0 Å². The standard InChI is InChI=1S/C17H17N3O4S/c1-3-14-19-20-15(21)8-12(18-17(20)25-14)9-24-16(22)10-23-13-6-4-11(2)5-7-13/h4-8H,3,9-10H2,1-2H3. The third-order valence-electron chi connectivity index (χ3n) is 3.40. The first-order valence-electron chi connectivity index (χ1n) is 7.79. The summed E-state index contributed by atoms with van der Waals surface area (Å²) in [7, 11) is 0. The molecule has 0 aliphatic rings. The Morgan fingerprint density at radius 3 is 2.76 bits per heavy atom. The number of nitrogens with zero attached hydrogens (tertiary/aromatic N) is 3. The predicted octanol–water partition coefficient (Wildman–Crippen LogP) is 2.14. The predicted molar refractivity (Wildman–Crippen MR) is 93.0 cm³/mol. The number of esters is 1. The molecule has 0 bridgehead atoms. The van der Waals surface area contributed by atoms with Gasteiger partial charge in [-0.2, -0.15) is 9.61 Å². The molecule has 2 heterocycles. The van der Waals surface area contributed by atoms with Gasteiger partial charge in [0.1, 0.15) is 17.4 Å². The molecule has 0 saturated heterocycles. The fourth-order valence-electron chi connectivity index (χ4n) is 2.09. The lowest BCUT2D eigenvalue weighted by molar-refractivity contribution is -0.147. The van der Waals surface area contributed by atoms with Gasteiger partial charge in [0.25, 0.3) is 5.56 Å². The molecule has 0 atom stereocenters. The highest BCUT2D eigenvalue weighted by Gasteiger charge is 2.10. The lowest BCUT2D eigenvalue weighted by Crippen LogP contribution is -2.18. The van der Waals surface area contributed by atoms with Gasteiger partial charge in [-0.3, -0.25) is 4.79 Å². The summed E-state index contributed by atoms with van der Waals surface area (Å²) in [5.41, 5.74) is 1.21. The van der Waals surface area contributed by atoms with Crippen molar-refractivity contribution in [1.29, 1.82) is 0 Å². The van der Waals surface area contributed by atoms with Crippen LogP contribution >= 0.6 is 11.3 Å². The van der Waals surface area contributed by atoms with Crippen molar-refractivity contribution in [1.82, 2.24) is 14.6 Å². The van der Waals surface area contributed by atoms with E-state index in [0.29, 0.717) is 16.4 Å². The average Bonchev–Trinajstić information content (AvgIpc) is 3.03. The lowest BCUT2D eigenvalue weighted by atomic mass is 10.2. The zero-order valence-electron chi connectivity index (χ0n) is 13.9. The molecule has 0 unspecified atom stereocenters. The third-order valence-corrected chi connectivity index (χ3v) is 4.45. The van der Waals surface area contributed by atoms with Gasteiger partial charge in [-0.15, -0.1) is 0 Å². The smallest absolute Gasteiger partial charge is 0.344 e. The highest BCUT2D eigenvalue weighted by molar-refractivity contribution is 7.16. The van der Waals surface area contributed by atoms with Crippen molar-refractivity contribution >= 4 is 22.3 Å². The second-order valence-electron chi connectivity index (χ2n) is 5.39. The molecule has 0 fully saturated rings. The van der Waals surface area contributed by atoms with Crippen LogP contribution in [0.25, 0.3) is 4.96 Å². The van der Waals surface area contributed by atoms with Crippen molar-refractivity contribution in [2.75, 3.05) is 6.61 Å². The van der Waals surface area contributed by atoms with E-state index < -0.39 is 5.97 Å². The highest BCUT2D eigenvalue weighted by atomic mass is 32.1. The van der Waals surface area contributed by atoms with Gasteiger partial charge < -0.3 is 9.47 Å². The molecule has 130 valence electrons. The Labute approximate surface area is 147 Å². The van der Waals surface area contributed by atoms with Crippen LogP contribution < -0.4 is 10.3 Å². The molecule has 0 spiro atoms. The van der Waals surface area contributed by atoms with Crippen molar-refractivity contribution < 1.29 is 14.3 Å². The summed E-state index contributed by atoms with van der Waals surface area (Å²) in [6.45, 7) is 3.64. The van der Waals surface area contributed by atoms with Crippen LogP contribution in [0.2, 0.25) is 0 Å². The first-order chi connectivity index (χ1) is 12.0. The normalized spacial score (nSPS) is 10.8. The molecule has 0 saturated carbocycles. The van der Waals surface area contributed by atoms with E-state index in [4.69, 9.17) is 9.47 Å². The largest absolute Gasteiger partial charge is 0.482 e. The molecule has 0 N–H and O–H groups in total. The summed E-state index contributed by atoms with van der Waals surface area (Å²) in [5, 5.41) is 4.99. The quantitative estimate of drug-likeness (QED) is 0.627. The minimum Gasteiger partial charge on any atom is -0.482 e. The molecule has 0 radical (unpaired) electrons. The number of ether oxygens (including phenoxy) is 2. The van der Waals surface area contributed by atoms with Crippen molar-refractivity contribution in [3.63, 3.8) is 0 Å². The van der Waals surface area contributed by atoms with Gasteiger partial charge in [0.05, 0.1) is 5.69 Å². The van der Waals surface area contributed by atoms with Gasteiger partial charge in [0.15, 0.2) is 6.61 Å². The molecule has 1 aromatic carbocycles. The summed E-state index contributed by atoms with van der Waals surface area (Å²) in [5.74, 6) is 0.0678. The van der Waals surface area contributed by atoms with Gasteiger partial charge >= 0.3 is 5.97 Å². The molecule has 3 aromatic rings. The van der Waals surface area contributed by atoms with Gasteiger partial charge in [0, 0.05) is 6.07 Å². The highest BCUT2D eigenvalue weighted by Crippen LogP contribution is 2.13. The van der Waals surface area contributed by atoms with E-state index in [0.717, 1.165) is 17.0 Å². The molecule has 8 heteroatoms. The number of fused-ring (bicyclic) bond motifs is 1. The molecular weight excluding hydrogens is 342 g/mol. The third kappa shape index (κ3) is 4.21. The van der Waals surface area contributed by atoms with Crippen molar-refractivity contribution in [3.8, 4) is 5.75 Å². The van der Waals surface area contributed by atoms with Crippen molar-refractivity contribution in [2.24, 2.45) is 0 Å². The van der Waals surface area contributed by atoms with Gasteiger partial charge in [-0.1, -0.05) is 36.0 Å². The van der Waals surface area contributed by atoms with E-state index in [1.807, 2.05) is 26.0 Å². The molecule has 0 aliphatic heterocycles. The summed E-state index contributed by atoms with van der Waals surface area (Å²) in [4.78, 5) is 28.6. The molecule has 25 heavy (non-hydrogen) atoms. The van der Waals surface area contributed by atoms with Crippen LogP contribution in [0.15, 0.2) is 35.1 Å². The maximum absolute atomic E-state index is 12.0. The summed E-state index contributed by atoms with van der Waals surface area (Å²) in [6.07, 6.45) is 0.730.